The molecule has 4 fully saturated rings. The van der Waals surface area contributed by atoms with E-state index in [4.69, 9.17) is 37.9 Å². The van der Waals surface area contributed by atoms with Crippen molar-refractivity contribution in [3.05, 3.63) is 0 Å². The van der Waals surface area contributed by atoms with Crippen LogP contribution in [0.5, 0.6) is 0 Å². The molecule has 0 spiro atoms. The minimum Gasteiger partial charge on any atom is -0.461 e. The van der Waals surface area contributed by atoms with Gasteiger partial charge in [-0.2, -0.15) is 0 Å². The number of hydrogen-bond donors (Lipinski definition) is 1. The third-order valence-electron chi connectivity index (χ3n) is 14.0. The van der Waals surface area contributed by atoms with Crippen LogP contribution in [0, 0.1) is 35.0 Å². The predicted octanol–water partition coefficient (Wildman–Crippen LogP) is 4.88. The first-order valence-electron chi connectivity index (χ1n) is 21.0. The van der Waals surface area contributed by atoms with Crippen LogP contribution in [0.25, 0.3) is 0 Å². The number of fused-ring (bicyclic) bond motifs is 1. The van der Waals surface area contributed by atoms with E-state index in [0.29, 0.717) is 12.8 Å². The highest BCUT2D eigenvalue weighted by Crippen LogP contribution is 2.51. The number of aliphatic hydroxyl groups is 1. The fourth-order valence-electron chi connectivity index (χ4n) is 10.6. The highest BCUT2D eigenvalue weighted by atomic mass is 16.7. The van der Waals surface area contributed by atoms with E-state index in [1.807, 2.05) is 74.4 Å². The SMILES string of the molecule is CC[C@H]1OC(=O)[C@H](C)C(OC2C[C@](C)(OC)[C@@H](OC(C)=O)[C@H](C)O2)[C@H](C)[C@@H](O[C@@H]2O[C@H](C)C[C@H](N(C)C)[C@H]2O)[C@](C)(OC)C[C@@H](C)C(=O)[C@H](C)[C@H]2CC(=O)C[C@@]21C. The molecule has 3 aliphatic heterocycles. The Balaban J connectivity index is 1.87. The van der Waals surface area contributed by atoms with E-state index in [2.05, 4.69) is 0 Å². The maximum atomic E-state index is 14.6. The maximum absolute atomic E-state index is 14.6. The van der Waals surface area contributed by atoms with Gasteiger partial charge in [-0.3, -0.25) is 19.2 Å². The molecule has 1 aliphatic carbocycles. The lowest BCUT2D eigenvalue weighted by Gasteiger charge is -2.50. The van der Waals surface area contributed by atoms with Crippen LogP contribution in [0.4, 0.5) is 0 Å². The lowest BCUT2D eigenvalue weighted by molar-refractivity contribution is -0.320. The van der Waals surface area contributed by atoms with E-state index in [-0.39, 0.29) is 55.3 Å². The van der Waals surface area contributed by atoms with Crippen molar-refractivity contribution in [1.82, 2.24) is 4.90 Å². The summed E-state index contributed by atoms with van der Waals surface area (Å²) in [6.07, 6.45) is -5.38. The number of cyclic esters (lactones) is 1. The van der Waals surface area contributed by atoms with Gasteiger partial charge >= 0.3 is 11.9 Å². The highest BCUT2D eigenvalue weighted by Gasteiger charge is 2.56. The summed E-state index contributed by atoms with van der Waals surface area (Å²) in [5, 5.41) is 11.7. The molecule has 57 heavy (non-hydrogen) atoms. The number of Topliss-reactive ketones (excluding diaryl/α,β-unsaturated/α-hetero) is 2. The molecular formula is C43H73NO13. The molecule has 0 bridgehead atoms. The number of aliphatic hydroxyl groups excluding tert-OH is 1. The molecule has 0 aromatic rings. The van der Waals surface area contributed by atoms with Crippen LogP contribution < -0.4 is 0 Å². The Hall–Kier alpha value is -2.04. The topological polar surface area (TPSA) is 166 Å². The van der Waals surface area contributed by atoms with Gasteiger partial charge in [-0.25, -0.2) is 0 Å². The van der Waals surface area contributed by atoms with Crippen LogP contribution in [-0.2, 0) is 57.1 Å². The minimum atomic E-state index is -1.19. The second-order valence-corrected chi connectivity index (χ2v) is 18.6. The van der Waals surface area contributed by atoms with Gasteiger partial charge in [0.1, 0.15) is 29.4 Å². The first kappa shape index (κ1) is 47.6. The van der Waals surface area contributed by atoms with Gasteiger partial charge in [0.25, 0.3) is 0 Å². The lowest BCUT2D eigenvalue weighted by atomic mass is 9.66. The molecule has 18 atom stereocenters. The monoisotopic (exact) mass is 812 g/mol. The zero-order chi connectivity index (χ0) is 42.9. The summed E-state index contributed by atoms with van der Waals surface area (Å²) in [5.74, 6) is -3.95. The predicted molar refractivity (Wildman–Crippen MR) is 210 cm³/mol. The van der Waals surface area contributed by atoms with E-state index in [1.165, 1.54) is 14.0 Å². The number of esters is 2. The Morgan fingerprint density at radius 2 is 1.51 bits per heavy atom. The van der Waals surface area contributed by atoms with Gasteiger partial charge in [-0.05, 0) is 73.9 Å². The normalized spacial score (nSPS) is 46.6. The van der Waals surface area contributed by atoms with Crippen LogP contribution in [0.3, 0.4) is 0 Å². The highest BCUT2D eigenvalue weighted by molar-refractivity contribution is 5.87. The number of carbonyl (C=O) groups is 4. The molecule has 1 N–H and O–H groups in total. The summed E-state index contributed by atoms with van der Waals surface area (Å²) in [6.45, 7) is 20.0. The van der Waals surface area contributed by atoms with Crippen molar-refractivity contribution in [2.75, 3.05) is 28.3 Å². The van der Waals surface area contributed by atoms with E-state index < -0.39 is 101 Å². The number of ether oxygens (including phenoxy) is 8. The smallest absolute Gasteiger partial charge is 0.311 e. The minimum absolute atomic E-state index is 0.0176. The number of nitrogens with zero attached hydrogens (tertiary/aromatic N) is 1. The molecule has 0 radical (unpaired) electrons. The van der Waals surface area contributed by atoms with E-state index in [9.17, 15) is 24.3 Å². The summed E-state index contributed by atoms with van der Waals surface area (Å²) in [6, 6.07) is -0.271. The third kappa shape index (κ3) is 9.96. The summed E-state index contributed by atoms with van der Waals surface area (Å²) >= 11 is 0. The molecule has 4 aliphatic rings. The van der Waals surface area contributed by atoms with Gasteiger partial charge in [0.15, 0.2) is 18.7 Å². The molecule has 2 unspecified atom stereocenters. The van der Waals surface area contributed by atoms with Crippen LogP contribution >= 0.6 is 0 Å². The molecular weight excluding hydrogens is 738 g/mol. The van der Waals surface area contributed by atoms with E-state index in [0.717, 1.165) is 0 Å². The molecule has 0 aromatic carbocycles. The maximum Gasteiger partial charge on any atom is 0.311 e. The summed E-state index contributed by atoms with van der Waals surface area (Å²) in [4.78, 5) is 56.3. The van der Waals surface area contributed by atoms with E-state index >= 15 is 0 Å². The van der Waals surface area contributed by atoms with Gasteiger partial charge in [0.2, 0.25) is 0 Å². The van der Waals surface area contributed by atoms with Crippen molar-refractivity contribution in [2.45, 2.75) is 187 Å². The average molecular weight is 812 g/mol. The Morgan fingerprint density at radius 3 is 2.07 bits per heavy atom. The number of rotatable bonds is 9. The number of ketones is 2. The largest absolute Gasteiger partial charge is 0.461 e. The molecule has 0 aromatic heterocycles. The summed E-state index contributed by atoms with van der Waals surface area (Å²) in [7, 11) is 6.90. The second kappa shape index (κ2) is 18.7. The molecule has 328 valence electrons. The molecule has 3 heterocycles. The quantitative estimate of drug-likeness (QED) is 0.313. The van der Waals surface area contributed by atoms with Crippen molar-refractivity contribution in [2.24, 2.45) is 35.0 Å². The van der Waals surface area contributed by atoms with Gasteiger partial charge in [0.05, 0.1) is 35.9 Å². The van der Waals surface area contributed by atoms with Crippen LogP contribution in [0.1, 0.15) is 115 Å². The first-order chi connectivity index (χ1) is 26.5. The molecule has 14 nitrogen and oxygen atoms in total. The molecule has 4 rings (SSSR count). The standard InChI is InChI=1S/C43H73NO13/c1-16-32-41(9)20-29(46)18-30(41)24(4)34(47)22(2)19-42(10,50-14)37(57-40-35(48)31(44(12)13)17-23(3)52-40)25(5)36(26(6)39(49)55-32)56-33-21-43(11,51-15)38(27(7)53-33)54-28(8)45/h22-27,30-33,35-38,40,48H,16-21H2,1-15H3/t22-,23-,24-,25+,26-,27+,30-,31+,32-,33?,35-,36?,37-,38+,40+,41+,42-,43+/m1/s1. The van der Waals surface area contributed by atoms with Crippen LogP contribution in [0.2, 0.25) is 0 Å². The van der Waals surface area contributed by atoms with Gasteiger partial charge < -0.3 is 47.9 Å². The van der Waals surface area contributed by atoms with Crippen LogP contribution in [-0.4, -0.2) is 134 Å². The molecule has 14 heteroatoms. The number of hydrogen-bond acceptors (Lipinski definition) is 14. The Bertz CT molecular complexity index is 1430. The van der Waals surface area contributed by atoms with Crippen molar-refractivity contribution in [3.8, 4) is 0 Å². The first-order valence-corrected chi connectivity index (χ1v) is 21.0. The van der Waals surface area contributed by atoms with Crippen molar-refractivity contribution in [1.29, 1.82) is 0 Å². The fourth-order valence-corrected chi connectivity index (χ4v) is 10.6. The van der Waals surface area contributed by atoms with Crippen molar-refractivity contribution < 1.29 is 62.2 Å². The Kier molecular flexibility index (Phi) is 15.6. The number of carbonyl (C=O) groups excluding carboxylic acids is 4. The molecule has 3 saturated heterocycles. The number of likely N-dealkylation sites (N-methyl/N-ethyl adjacent to an activating group) is 1. The second-order valence-electron chi connectivity index (χ2n) is 18.6. The van der Waals surface area contributed by atoms with Crippen molar-refractivity contribution in [3.63, 3.8) is 0 Å². The van der Waals surface area contributed by atoms with Gasteiger partial charge in [-0.15, -0.1) is 0 Å². The fraction of sp³-hybridized carbons (Fsp3) is 0.907. The number of methoxy groups -OCH3 is 2. The summed E-state index contributed by atoms with van der Waals surface area (Å²) in [5.41, 5.74) is -2.96. The Labute approximate surface area is 340 Å². The Morgan fingerprint density at radius 1 is 0.895 bits per heavy atom. The molecule has 0 amide bonds. The zero-order valence-corrected chi connectivity index (χ0v) is 37.2. The molecule has 1 saturated carbocycles. The third-order valence-corrected chi connectivity index (χ3v) is 14.0. The van der Waals surface area contributed by atoms with Crippen LogP contribution in [0.15, 0.2) is 0 Å². The zero-order valence-electron chi connectivity index (χ0n) is 37.2. The van der Waals surface area contributed by atoms with Crippen molar-refractivity contribution >= 4 is 23.5 Å². The lowest BCUT2D eigenvalue weighted by Crippen LogP contribution is -2.61. The average Bonchev–Trinajstić information content (AvgIpc) is 3.46. The van der Waals surface area contributed by atoms with Gasteiger partial charge in [0, 0.05) is 69.6 Å². The summed E-state index contributed by atoms with van der Waals surface area (Å²) < 4.78 is 51.0. The van der Waals surface area contributed by atoms with E-state index in [1.54, 1.807) is 21.0 Å². The van der Waals surface area contributed by atoms with Gasteiger partial charge in [-0.1, -0.05) is 34.6 Å².